The van der Waals surface area contributed by atoms with E-state index in [1.807, 2.05) is 31.2 Å². The minimum absolute atomic E-state index is 0.281. The van der Waals surface area contributed by atoms with Crippen molar-refractivity contribution < 1.29 is 9.13 Å². The van der Waals surface area contributed by atoms with Crippen LogP contribution in [0.15, 0.2) is 53.7 Å². The second-order valence-corrected chi connectivity index (χ2v) is 6.20. The fourth-order valence-corrected chi connectivity index (χ4v) is 2.88. The summed E-state index contributed by atoms with van der Waals surface area (Å²) in [5, 5.41) is 8.93. The number of hydrogen-bond acceptors (Lipinski definition) is 5. The van der Waals surface area contributed by atoms with Gasteiger partial charge in [0, 0.05) is 11.3 Å². The number of nitrogen functional groups attached to an aromatic ring is 1. The first-order chi connectivity index (χ1) is 11.6. The van der Waals surface area contributed by atoms with Gasteiger partial charge in [-0.2, -0.15) is 0 Å². The Morgan fingerprint density at radius 2 is 1.88 bits per heavy atom. The summed E-state index contributed by atoms with van der Waals surface area (Å²) in [6, 6.07) is 13.8. The van der Waals surface area contributed by atoms with E-state index in [2.05, 4.69) is 10.2 Å². The summed E-state index contributed by atoms with van der Waals surface area (Å²) < 4.78 is 19.9. The highest BCUT2D eigenvalue weighted by Crippen LogP contribution is 2.24. The van der Waals surface area contributed by atoms with Gasteiger partial charge in [0.25, 0.3) is 0 Å². The van der Waals surface area contributed by atoms with E-state index in [4.69, 9.17) is 10.6 Å². The third-order valence-corrected chi connectivity index (χ3v) is 4.35. The number of nitrogens with zero attached hydrogens (tertiary/aromatic N) is 3. The minimum Gasteiger partial charge on any atom is -0.493 e. The monoisotopic (exact) mass is 344 g/mol. The summed E-state index contributed by atoms with van der Waals surface area (Å²) >= 11 is 1.46. The third-order valence-electron chi connectivity index (χ3n) is 3.45. The molecule has 3 rings (SSSR count). The fraction of sp³-hybridized carbons (Fsp3) is 0.176. The van der Waals surface area contributed by atoms with Gasteiger partial charge < -0.3 is 10.6 Å². The second-order valence-electron chi connectivity index (χ2n) is 5.14. The standard InChI is InChI=1S/C17H17FN4OS/c1-12-4-2-3-5-15(12)16-20-21-17(22(16)19)24-11-10-23-14-8-6-13(18)7-9-14/h2-9H,10-11,19H2,1H3. The Morgan fingerprint density at radius 1 is 1.12 bits per heavy atom. The van der Waals surface area contributed by atoms with Gasteiger partial charge in [-0.3, -0.25) is 0 Å². The highest BCUT2D eigenvalue weighted by atomic mass is 32.2. The Labute approximate surface area is 143 Å². The molecule has 0 radical (unpaired) electrons. The average Bonchev–Trinajstić information content (AvgIpc) is 2.94. The van der Waals surface area contributed by atoms with Gasteiger partial charge in [0.2, 0.25) is 5.16 Å². The summed E-state index contributed by atoms with van der Waals surface area (Å²) in [5.41, 5.74) is 2.05. The van der Waals surface area contributed by atoms with Crippen LogP contribution in [0.25, 0.3) is 11.4 Å². The number of rotatable bonds is 6. The van der Waals surface area contributed by atoms with Gasteiger partial charge in [0.1, 0.15) is 11.6 Å². The van der Waals surface area contributed by atoms with Crippen molar-refractivity contribution in [2.75, 3.05) is 18.2 Å². The second kappa shape index (κ2) is 7.35. The Bertz CT molecular complexity index is 820. The average molecular weight is 344 g/mol. The minimum atomic E-state index is -0.281. The highest BCUT2D eigenvalue weighted by Gasteiger charge is 2.13. The molecule has 3 aromatic rings. The first-order valence-corrected chi connectivity index (χ1v) is 8.41. The van der Waals surface area contributed by atoms with Crippen molar-refractivity contribution in [3.63, 3.8) is 0 Å². The zero-order valence-electron chi connectivity index (χ0n) is 13.1. The van der Waals surface area contributed by atoms with E-state index in [0.29, 0.717) is 29.1 Å². The molecule has 0 bridgehead atoms. The van der Waals surface area contributed by atoms with Crippen molar-refractivity contribution in [2.24, 2.45) is 0 Å². The van der Waals surface area contributed by atoms with Crippen LogP contribution < -0.4 is 10.6 Å². The Hall–Kier alpha value is -2.54. The predicted octanol–water partition coefficient (Wildman–Crippen LogP) is 3.28. The largest absolute Gasteiger partial charge is 0.493 e. The Morgan fingerprint density at radius 3 is 2.62 bits per heavy atom. The molecule has 0 unspecified atom stereocenters. The van der Waals surface area contributed by atoms with Crippen molar-refractivity contribution in [3.8, 4) is 17.1 Å². The molecule has 0 saturated carbocycles. The maximum Gasteiger partial charge on any atom is 0.210 e. The number of aromatic nitrogens is 3. The number of aryl methyl sites for hydroxylation is 1. The number of benzene rings is 2. The molecular formula is C17H17FN4OS. The van der Waals surface area contributed by atoms with E-state index in [-0.39, 0.29) is 5.82 Å². The van der Waals surface area contributed by atoms with Crippen LogP contribution in [0.1, 0.15) is 5.56 Å². The molecule has 2 N–H and O–H groups in total. The molecule has 5 nitrogen and oxygen atoms in total. The van der Waals surface area contributed by atoms with Crippen molar-refractivity contribution >= 4 is 11.8 Å². The lowest BCUT2D eigenvalue weighted by Crippen LogP contribution is -2.12. The molecule has 0 saturated heterocycles. The van der Waals surface area contributed by atoms with E-state index >= 15 is 0 Å². The van der Waals surface area contributed by atoms with Crippen LogP contribution in [0.2, 0.25) is 0 Å². The van der Waals surface area contributed by atoms with E-state index in [1.54, 1.807) is 12.1 Å². The van der Waals surface area contributed by atoms with E-state index in [1.165, 1.54) is 28.6 Å². The highest BCUT2D eigenvalue weighted by molar-refractivity contribution is 7.99. The van der Waals surface area contributed by atoms with Gasteiger partial charge in [-0.05, 0) is 36.8 Å². The van der Waals surface area contributed by atoms with Gasteiger partial charge in [-0.15, -0.1) is 10.2 Å². The lowest BCUT2D eigenvalue weighted by molar-refractivity contribution is 0.343. The molecule has 0 spiro atoms. The molecular weight excluding hydrogens is 327 g/mol. The number of thioether (sulfide) groups is 1. The quantitative estimate of drug-likeness (QED) is 0.422. The van der Waals surface area contributed by atoms with Crippen molar-refractivity contribution in [1.29, 1.82) is 0 Å². The summed E-state index contributed by atoms with van der Waals surface area (Å²) in [6.07, 6.45) is 0. The lowest BCUT2D eigenvalue weighted by Gasteiger charge is -2.07. The molecule has 1 aromatic heterocycles. The summed E-state index contributed by atoms with van der Waals surface area (Å²) in [6.45, 7) is 2.47. The zero-order chi connectivity index (χ0) is 16.9. The third kappa shape index (κ3) is 3.68. The SMILES string of the molecule is Cc1ccccc1-c1nnc(SCCOc2ccc(F)cc2)n1N. The van der Waals surface area contributed by atoms with Crippen molar-refractivity contribution in [1.82, 2.24) is 14.9 Å². The van der Waals surface area contributed by atoms with E-state index in [0.717, 1.165) is 11.1 Å². The first-order valence-electron chi connectivity index (χ1n) is 7.43. The number of halogens is 1. The van der Waals surface area contributed by atoms with E-state index < -0.39 is 0 Å². The molecule has 0 aliphatic heterocycles. The molecule has 0 aliphatic carbocycles. The van der Waals surface area contributed by atoms with Gasteiger partial charge in [0.05, 0.1) is 6.61 Å². The first kappa shape index (κ1) is 16.3. The van der Waals surface area contributed by atoms with Gasteiger partial charge >= 0.3 is 0 Å². The summed E-state index contributed by atoms with van der Waals surface area (Å²) in [5.74, 6) is 7.74. The van der Waals surface area contributed by atoms with Crippen molar-refractivity contribution in [2.45, 2.75) is 12.1 Å². The van der Waals surface area contributed by atoms with Crippen LogP contribution in [0.4, 0.5) is 4.39 Å². The van der Waals surface area contributed by atoms with Crippen LogP contribution >= 0.6 is 11.8 Å². The molecule has 124 valence electrons. The molecule has 0 fully saturated rings. The maximum atomic E-state index is 12.8. The van der Waals surface area contributed by atoms with Crippen LogP contribution in [0.5, 0.6) is 5.75 Å². The van der Waals surface area contributed by atoms with Crippen LogP contribution in [0.3, 0.4) is 0 Å². The maximum absolute atomic E-state index is 12.8. The molecule has 7 heteroatoms. The number of nitrogens with two attached hydrogens (primary N) is 1. The molecule has 24 heavy (non-hydrogen) atoms. The van der Waals surface area contributed by atoms with Crippen molar-refractivity contribution in [3.05, 3.63) is 59.9 Å². The van der Waals surface area contributed by atoms with Crippen LogP contribution in [-0.4, -0.2) is 27.2 Å². The molecule has 2 aromatic carbocycles. The van der Waals surface area contributed by atoms with E-state index in [9.17, 15) is 4.39 Å². The predicted molar refractivity (Wildman–Crippen MR) is 93.0 cm³/mol. The fourth-order valence-electron chi connectivity index (χ4n) is 2.21. The molecule has 0 amide bonds. The zero-order valence-corrected chi connectivity index (χ0v) is 14.0. The smallest absolute Gasteiger partial charge is 0.210 e. The topological polar surface area (TPSA) is 66.0 Å². The molecule has 1 heterocycles. The van der Waals surface area contributed by atoms with Crippen LogP contribution in [0, 0.1) is 12.7 Å². The number of ether oxygens (including phenoxy) is 1. The normalized spacial score (nSPS) is 10.8. The van der Waals surface area contributed by atoms with Gasteiger partial charge in [-0.25, -0.2) is 9.07 Å². The Balaban J connectivity index is 1.59. The van der Waals surface area contributed by atoms with Gasteiger partial charge in [-0.1, -0.05) is 36.0 Å². The Kier molecular flexibility index (Phi) is 5.00. The number of hydrogen-bond donors (Lipinski definition) is 1. The lowest BCUT2D eigenvalue weighted by atomic mass is 10.1. The van der Waals surface area contributed by atoms with Crippen LogP contribution in [-0.2, 0) is 0 Å². The molecule has 0 atom stereocenters. The summed E-state index contributed by atoms with van der Waals surface area (Å²) in [7, 11) is 0. The van der Waals surface area contributed by atoms with Gasteiger partial charge in [0.15, 0.2) is 5.82 Å². The molecule has 0 aliphatic rings. The summed E-state index contributed by atoms with van der Waals surface area (Å²) in [4.78, 5) is 0.